The summed E-state index contributed by atoms with van der Waals surface area (Å²) in [5.74, 6) is -1.48. The van der Waals surface area contributed by atoms with E-state index in [1.54, 1.807) is 32.9 Å². The second-order valence-electron chi connectivity index (χ2n) is 7.68. The normalized spacial score (nSPS) is 19.6. The summed E-state index contributed by atoms with van der Waals surface area (Å²) in [6, 6.07) is 4.66. The van der Waals surface area contributed by atoms with Gasteiger partial charge in [-0.05, 0) is 38.8 Å². The van der Waals surface area contributed by atoms with Crippen LogP contribution in [-0.2, 0) is 25.7 Å². The van der Waals surface area contributed by atoms with E-state index in [0.717, 1.165) is 5.56 Å². The average molecular weight is 373 g/mol. The van der Waals surface area contributed by atoms with Crippen LogP contribution in [-0.4, -0.2) is 46.8 Å². The Balaban J connectivity index is 1.74. The second kappa shape index (κ2) is 7.02. The molecule has 1 atom stereocenters. The van der Waals surface area contributed by atoms with Gasteiger partial charge in [-0.15, -0.1) is 0 Å². The van der Waals surface area contributed by atoms with E-state index in [-0.39, 0.29) is 24.8 Å². The number of anilines is 1. The molecule has 1 aromatic rings. The van der Waals surface area contributed by atoms with E-state index in [4.69, 9.17) is 4.74 Å². The van der Waals surface area contributed by atoms with Gasteiger partial charge in [0.25, 0.3) is 5.91 Å². The summed E-state index contributed by atoms with van der Waals surface area (Å²) < 4.78 is 5.26. The highest BCUT2D eigenvalue weighted by atomic mass is 16.6. The molecular formula is C19H23N3O5. The molecule has 2 N–H and O–H groups in total. The molecule has 3 amide bonds. The predicted octanol–water partition coefficient (Wildman–Crippen LogP) is 1.20. The summed E-state index contributed by atoms with van der Waals surface area (Å²) in [4.78, 5) is 49.8. The van der Waals surface area contributed by atoms with Crippen molar-refractivity contribution in [1.82, 2.24) is 10.2 Å². The molecule has 8 heteroatoms. The fourth-order valence-electron chi connectivity index (χ4n) is 3.31. The average Bonchev–Trinajstić information content (AvgIpc) is 2.89. The quantitative estimate of drug-likeness (QED) is 0.607. The lowest BCUT2D eigenvalue weighted by atomic mass is 10.0. The molecule has 1 aromatic carbocycles. The molecule has 0 bridgehead atoms. The maximum absolute atomic E-state index is 12.9. The van der Waals surface area contributed by atoms with Gasteiger partial charge < -0.3 is 15.0 Å². The van der Waals surface area contributed by atoms with Crippen molar-refractivity contribution < 1.29 is 23.9 Å². The fraction of sp³-hybridized carbons (Fsp3) is 0.474. The number of carbonyl (C=O) groups is 4. The van der Waals surface area contributed by atoms with Crippen LogP contribution < -0.4 is 10.6 Å². The third-order valence-corrected chi connectivity index (χ3v) is 4.40. The summed E-state index contributed by atoms with van der Waals surface area (Å²) in [6.45, 7) is 5.58. The van der Waals surface area contributed by atoms with Crippen LogP contribution in [0.5, 0.6) is 0 Å². The number of carbonyl (C=O) groups excluding carboxylic acids is 4. The molecule has 1 saturated heterocycles. The second-order valence-corrected chi connectivity index (χ2v) is 7.68. The Morgan fingerprint density at radius 1 is 1.30 bits per heavy atom. The minimum Gasteiger partial charge on any atom is -0.459 e. The van der Waals surface area contributed by atoms with Crippen molar-refractivity contribution in [2.45, 2.75) is 51.8 Å². The topological polar surface area (TPSA) is 105 Å². The lowest BCUT2D eigenvalue weighted by molar-refractivity contribution is -0.152. The first-order valence-electron chi connectivity index (χ1n) is 8.88. The van der Waals surface area contributed by atoms with Crippen LogP contribution in [0.4, 0.5) is 5.69 Å². The number of hydrogen-bond donors (Lipinski definition) is 2. The van der Waals surface area contributed by atoms with Crippen LogP contribution in [0.1, 0.15) is 49.5 Å². The molecule has 144 valence electrons. The van der Waals surface area contributed by atoms with E-state index in [1.807, 2.05) is 6.07 Å². The third kappa shape index (κ3) is 4.10. The highest BCUT2D eigenvalue weighted by molar-refractivity contribution is 6.08. The number of hydrogen-bond acceptors (Lipinski definition) is 6. The summed E-state index contributed by atoms with van der Waals surface area (Å²) in [5.41, 5.74) is 1.17. The van der Waals surface area contributed by atoms with Crippen LogP contribution in [0.3, 0.4) is 0 Å². The Bertz CT molecular complexity index is 812. The summed E-state index contributed by atoms with van der Waals surface area (Å²) in [6.07, 6.45) is 0.519. The van der Waals surface area contributed by atoms with E-state index in [0.29, 0.717) is 24.2 Å². The van der Waals surface area contributed by atoms with Gasteiger partial charge >= 0.3 is 5.97 Å². The van der Waals surface area contributed by atoms with Gasteiger partial charge in [-0.25, -0.2) is 0 Å². The molecule has 2 aliphatic rings. The first-order chi connectivity index (χ1) is 12.7. The third-order valence-electron chi connectivity index (χ3n) is 4.40. The highest BCUT2D eigenvalue weighted by Crippen LogP contribution is 2.32. The van der Waals surface area contributed by atoms with Crippen LogP contribution in [0.25, 0.3) is 0 Å². The molecule has 2 heterocycles. The van der Waals surface area contributed by atoms with Gasteiger partial charge in [-0.1, -0.05) is 12.1 Å². The summed E-state index contributed by atoms with van der Waals surface area (Å²) in [7, 11) is 0. The van der Waals surface area contributed by atoms with Gasteiger partial charge in [0.1, 0.15) is 18.2 Å². The van der Waals surface area contributed by atoms with E-state index in [2.05, 4.69) is 10.6 Å². The van der Waals surface area contributed by atoms with Crippen LogP contribution in [0.15, 0.2) is 18.2 Å². The maximum Gasteiger partial charge on any atom is 0.325 e. The molecule has 27 heavy (non-hydrogen) atoms. The van der Waals surface area contributed by atoms with Crippen molar-refractivity contribution in [3.63, 3.8) is 0 Å². The van der Waals surface area contributed by atoms with Crippen molar-refractivity contribution in [2.24, 2.45) is 0 Å². The van der Waals surface area contributed by atoms with E-state index in [9.17, 15) is 19.2 Å². The van der Waals surface area contributed by atoms with E-state index < -0.39 is 23.5 Å². The molecule has 1 unspecified atom stereocenters. The maximum atomic E-state index is 12.9. The molecule has 0 spiro atoms. The van der Waals surface area contributed by atoms with Crippen molar-refractivity contribution in [2.75, 3.05) is 11.9 Å². The molecule has 2 aliphatic heterocycles. The minimum absolute atomic E-state index is 0.0700. The Labute approximate surface area is 157 Å². The Kier molecular flexibility index (Phi) is 4.91. The Morgan fingerprint density at radius 3 is 2.70 bits per heavy atom. The number of esters is 1. The number of piperidine rings is 1. The molecule has 0 radical (unpaired) electrons. The van der Waals surface area contributed by atoms with Crippen molar-refractivity contribution in [3.8, 4) is 0 Å². The fourth-order valence-corrected chi connectivity index (χ4v) is 3.31. The van der Waals surface area contributed by atoms with Crippen molar-refractivity contribution >= 4 is 29.4 Å². The highest BCUT2D eigenvalue weighted by Gasteiger charge is 2.40. The zero-order valence-electron chi connectivity index (χ0n) is 15.6. The lowest BCUT2D eigenvalue weighted by Crippen LogP contribution is -2.52. The number of benzene rings is 1. The Hall–Kier alpha value is -2.90. The monoisotopic (exact) mass is 373 g/mol. The van der Waals surface area contributed by atoms with E-state index in [1.165, 1.54) is 4.90 Å². The van der Waals surface area contributed by atoms with Gasteiger partial charge in [0.2, 0.25) is 11.8 Å². The summed E-state index contributed by atoms with van der Waals surface area (Å²) in [5, 5.41) is 5.24. The first kappa shape index (κ1) is 18.9. The minimum atomic E-state index is -0.665. The zero-order valence-corrected chi connectivity index (χ0v) is 15.6. The Morgan fingerprint density at radius 2 is 2.04 bits per heavy atom. The van der Waals surface area contributed by atoms with E-state index >= 15 is 0 Å². The molecule has 8 nitrogen and oxygen atoms in total. The van der Waals surface area contributed by atoms with Crippen molar-refractivity contribution in [1.29, 1.82) is 0 Å². The van der Waals surface area contributed by atoms with Gasteiger partial charge in [0, 0.05) is 18.7 Å². The predicted molar refractivity (Wildman–Crippen MR) is 96.8 cm³/mol. The molecule has 0 saturated carbocycles. The standard InChI is InChI=1S/C19H23N3O5/c1-19(2,3)27-15(24)9-20-12-6-4-5-11-10-22(18(26)16(11)12)13-7-8-14(23)21-17(13)25/h4-6,13,20H,7-10H2,1-3H3,(H,21,23,25). The van der Waals surface area contributed by atoms with Gasteiger partial charge in [-0.2, -0.15) is 0 Å². The number of imide groups is 1. The SMILES string of the molecule is CC(C)(C)OC(=O)CNc1cccc2c1C(=O)N(C1CCC(=O)NC1=O)C2. The van der Waals surface area contributed by atoms with Gasteiger partial charge in [-0.3, -0.25) is 24.5 Å². The van der Waals surface area contributed by atoms with Gasteiger partial charge in [0.05, 0.1) is 5.56 Å². The number of nitrogens with zero attached hydrogens (tertiary/aromatic N) is 1. The number of nitrogens with one attached hydrogen (secondary N) is 2. The van der Waals surface area contributed by atoms with Gasteiger partial charge in [0.15, 0.2) is 0 Å². The molecule has 0 aliphatic carbocycles. The number of amides is 3. The zero-order chi connectivity index (χ0) is 19.8. The number of rotatable bonds is 4. The van der Waals surface area contributed by atoms with Crippen LogP contribution >= 0.6 is 0 Å². The summed E-state index contributed by atoms with van der Waals surface area (Å²) >= 11 is 0. The van der Waals surface area contributed by atoms with Crippen LogP contribution in [0.2, 0.25) is 0 Å². The van der Waals surface area contributed by atoms with Crippen molar-refractivity contribution in [3.05, 3.63) is 29.3 Å². The molecular weight excluding hydrogens is 350 g/mol. The smallest absolute Gasteiger partial charge is 0.325 e. The van der Waals surface area contributed by atoms with Crippen LogP contribution in [0, 0.1) is 0 Å². The molecule has 1 fully saturated rings. The number of ether oxygens (including phenoxy) is 1. The molecule has 0 aromatic heterocycles. The lowest BCUT2D eigenvalue weighted by Gasteiger charge is -2.29. The largest absolute Gasteiger partial charge is 0.459 e. The number of fused-ring (bicyclic) bond motifs is 1. The molecule has 3 rings (SSSR count). The first-order valence-corrected chi connectivity index (χ1v) is 8.88.